The second-order valence-corrected chi connectivity index (χ2v) is 5.30. The number of halogens is 3. The van der Waals surface area contributed by atoms with E-state index in [0.717, 1.165) is 17.8 Å². The summed E-state index contributed by atoms with van der Waals surface area (Å²) in [5.74, 6) is 0.877. The number of nitriles is 1. The molecule has 5 nitrogen and oxygen atoms in total. The van der Waals surface area contributed by atoms with Crippen molar-refractivity contribution in [3.63, 3.8) is 0 Å². The van der Waals surface area contributed by atoms with Gasteiger partial charge in [0.15, 0.2) is 0 Å². The summed E-state index contributed by atoms with van der Waals surface area (Å²) in [5.41, 5.74) is -1.28. The molecule has 0 saturated carbocycles. The van der Waals surface area contributed by atoms with Gasteiger partial charge in [-0.3, -0.25) is 0 Å². The van der Waals surface area contributed by atoms with Crippen LogP contribution in [0.1, 0.15) is 35.5 Å². The third-order valence-electron chi connectivity index (χ3n) is 2.68. The summed E-state index contributed by atoms with van der Waals surface area (Å²) in [7, 11) is 0. The molecule has 0 atom stereocenters. The largest absolute Gasteiger partial charge is 0.424 e. The number of aryl methyl sites for hydroxylation is 2. The molecule has 2 aromatic heterocycles. The van der Waals surface area contributed by atoms with Gasteiger partial charge in [-0.2, -0.15) is 18.4 Å². The Morgan fingerprint density at radius 3 is 2.55 bits per heavy atom. The molecule has 2 aromatic rings. The predicted molar refractivity (Wildman–Crippen MR) is 71.9 cm³/mol. The van der Waals surface area contributed by atoms with Gasteiger partial charge in [-0.15, -0.1) is 10.2 Å². The molecule has 0 saturated heterocycles. The first-order valence-electron chi connectivity index (χ1n) is 6.28. The van der Waals surface area contributed by atoms with Gasteiger partial charge in [-0.25, -0.2) is 4.98 Å². The number of alkyl halides is 3. The number of pyridine rings is 1. The molecule has 0 aromatic carbocycles. The fraction of sp³-hybridized carbons (Fsp3) is 0.385. The van der Waals surface area contributed by atoms with Crippen molar-refractivity contribution in [2.24, 2.45) is 0 Å². The molecule has 0 amide bonds. The van der Waals surface area contributed by atoms with Crippen molar-refractivity contribution in [3.8, 4) is 6.07 Å². The van der Waals surface area contributed by atoms with Gasteiger partial charge in [0.2, 0.25) is 11.8 Å². The number of thioether (sulfide) groups is 1. The number of nitrogens with zero attached hydrogens (tertiary/aromatic N) is 4. The van der Waals surface area contributed by atoms with Crippen LogP contribution in [0.4, 0.5) is 13.2 Å². The lowest BCUT2D eigenvalue weighted by molar-refractivity contribution is -0.138. The molecule has 0 aliphatic carbocycles. The molecule has 0 spiro atoms. The standard InChI is InChI=1S/C13H11F3N4OS/c1-3-10-19-20-11(21-10)6-22-12-8(5-17)9(13(14,15)16)4-7(2)18-12/h4H,3,6H2,1-2H3. The number of aromatic nitrogens is 3. The highest BCUT2D eigenvalue weighted by Crippen LogP contribution is 2.36. The normalized spacial score (nSPS) is 11.5. The zero-order valence-electron chi connectivity index (χ0n) is 11.7. The van der Waals surface area contributed by atoms with E-state index in [4.69, 9.17) is 9.68 Å². The van der Waals surface area contributed by atoms with Crippen LogP contribution in [0.5, 0.6) is 0 Å². The summed E-state index contributed by atoms with van der Waals surface area (Å²) in [6, 6.07) is 2.45. The van der Waals surface area contributed by atoms with Crippen LogP contribution in [0.15, 0.2) is 15.5 Å². The van der Waals surface area contributed by atoms with E-state index < -0.39 is 17.3 Å². The van der Waals surface area contributed by atoms with Crippen LogP contribution in [0, 0.1) is 18.3 Å². The molecular weight excluding hydrogens is 317 g/mol. The highest BCUT2D eigenvalue weighted by Gasteiger charge is 2.35. The maximum absolute atomic E-state index is 13.0. The molecule has 0 N–H and O–H groups in total. The van der Waals surface area contributed by atoms with Crippen molar-refractivity contribution in [2.75, 3.05) is 0 Å². The van der Waals surface area contributed by atoms with Crippen molar-refractivity contribution < 1.29 is 17.6 Å². The molecular formula is C13H11F3N4OS. The van der Waals surface area contributed by atoms with E-state index in [-0.39, 0.29) is 22.4 Å². The lowest BCUT2D eigenvalue weighted by Crippen LogP contribution is -2.10. The number of rotatable bonds is 4. The van der Waals surface area contributed by atoms with Gasteiger partial charge in [0.1, 0.15) is 11.1 Å². The topological polar surface area (TPSA) is 75.6 Å². The van der Waals surface area contributed by atoms with Gasteiger partial charge >= 0.3 is 6.18 Å². The van der Waals surface area contributed by atoms with Gasteiger partial charge in [0, 0.05) is 12.1 Å². The Morgan fingerprint density at radius 1 is 1.32 bits per heavy atom. The Labute approximate surface area is 128 Å². The van der Waals surface area contributed by atoms with Crippen molar-refractivity contribution in [1.29, 1.82) is 5.26 Å². The van der Waals surface area contributed by atoms with Crippen LogP contribution in [0.25, 0.3) is 0 Å². The SMILES string of the molecule is CCc1nnc(CSc2nc(C)cc(C(F)(F)F)c2C#N)o1. The fourth-order valence-corrected chi connectivity index (χ4v) is 2.59. The molecule has 116 valence electrons. The molecule has 0 radical (unpaired) electrons. The summed E-state index contributed by atoms with van der Waals surface area (Å²) in [4.78, 5) is 4.01. The monoisotopic (exact) mass is 328 g/mol. The highest BCUT2D eigenvalue weighted by molar-refractivity contribution is 7.98. The Kier molecular flexibility index (Phi) is 4.71. The quantitative estimate of drug-likeness (QED) is 0.799. The highest BCUT2D eigenvalue weighted by atomic mass is 32.2. The summed E-state index contributed by atoms with van der Waals surface area (Å²) < 4.78 is 44.2. The second-order valence-electron chi connectivity index (χ2n) is 4.33. The first kappa shape index (κ1) is 16.3. The molecule has 2 rings (SSSR count). The predicted octanol–water partition coefficient (Wildman–Crippen LogP) is 3.52. The number of hydrogen-bond donors (Lipinski definition) is 0. The third kappa shape index (κ3) is 3.57. The molecule has 0 bridgehead atoms. The van der Waals surface area contributed by atoms with Gasteiger partial charge in [0.05, 0.1) is 16.9 Å². The summed E-state index contributed by atoms with van der Waals surface area (Å²) in [6.45, 7) is 3.29. The van der Waals surface area contributed by atoms with E-state index in [1.54, 1.807) is 6.07 Å². The first-order chi connectivity index (χ1) is 10.3. The van der Waals surface area contributed by atoms with Gasteiger partial charge in [-0.1, -0.05) is 18.7 Å². The lowest BCUT2D eigenvalue weighted by Gasteiger charge is -2.12. The zero-order valence-corrected chi connectivity index (χ0v) is 12.5. The maximum Gasteiger partial charge on any atom is 0.417 e. The Balaban J connectivity index is 2.30. The van der Waals surface area contributed by atoms with Crippen LogP contribution in [0.2, 0.25) is 0 Å². The van der Waals surface area contributed by atoms with E-state index in [2.05, 4.69) is 15.2 Å². The van der Waals surface area contributed by atoms with Crippen LogP contribution in [0.3, 0.4) is 0 Å². The lowest BCUT2D eigenvalue weighted by atomic mass is 10.1. The molecule has 0 fully saturated rings. The average Bonchev–Trinajstić information content (AvgIpc) is 2.91. The summed E-state index contributed by atoms with van der Waals surface area (Å²) in [6.07, 6.45) is -4.03. The zero-order chi connectivity index (χ0) is 16.3. The van der Waals surface area contributed by atoms with E-state index in [1.807, 2.05) is 6.92 Å². The van der Waals surface area contributed by atoms with Gasteiger partial charge in [0.25, 0.3) is 0 Å². The smallest absolute Gasteiger partial charge is 0.417 e. The van der Waals surface area contributed by atoms with Crippen molar-refractivity contribution in [3.05, 3.63) is 34.7 Å². The van der Waals surface area contributed by atoms with E-state index in [9.17, 15) is 13.2 Å². The second kappa shape index (κ2) is 6.36. The van der Waals surface area contributed by atoms with E-state index in [1.165, 1.54) is 6.92 Å². The molecule has 0 unspecified atom stereocenters. The minimum atomic E-state index is -4.60. The van der Waals surface area contributed by atoms with Crippen molar-refractivity contribution in [1.82, 2.24) is 15.2 Å². The van der Waals surface area contributed by atoms with Gasteiger partial charge < -0.3 is 4.42 Å². The fourth-order valence-electron chi connectivity index (χ4n) is 1.70. The summed E-state index contributed by atoms with van der Waals surface area (Å²) >= 11 is 0.963. The summed E-state index contributed by atoms with van der Waals surface area (Å²) in [5, 5.41) is 16.6. The van der Waals surface area contributed by atoms with Crippen LogP contribution >= 0.6 is 11.8 Å². The molecule has 2 heterocycles. The Morgan fingerprint density at radius 2 is 2.00 bits per heavy atom. The minimum absolute atomic E-state index is 0.00562. The molecule has 9 heteroatoms. The van der Waals surface area contributed by atoms with E-state index >= 15 is 0 Å². The Bertz CT molecular complexity index is 721. The van der Waals surface area contributed by atoms with Gasteiger partial charge in [-0.05, 0) is 13.0 Å². The van der Waals surface area contributed by atoms with Crippen molar-refractivity contribution in [2.45, 2.75) is 37.2 Å². The molecule has 22 heavy (non-hydrogen) atoms. The van der Waals surface area contributed by atoms with Crippen molar-refractivity contribution >= 4 is 11.8 Å². The third-order valence-corrected chi connectivity index (χ3v) is 3.64. The number of hydrogen-bond acceptors (Lipinski definition) is 6. The van der Waals surface area contributed by atoms with E-state index in [0.29, 0.717) is 12.3 Å². The van der Waals surface area contributed by atoms with Crippen LogP contribution in [-0.2, 0) is 18.3 Å². The van der Waals surface area contributed by atoms with Crippen LogP contribution < -0.4 is 0 Å². The maximum atomic E-state index is 13.0. The average molecular weight is 328 g/mol. The molecule has 0 aliphatic rings. The Hall–Kier alpha value is -2.08. The first-order valence-corrected chi connectivity index (χ1v) is 7.26. The minimum Gasteiger partial charge on any atom is -0.424 e. The molecule has 0 aliphatic heterocycles. The van der Waals surface area contributed by atoms with Crippen LogP contribution in [-0.4, -0.2) is 15.2 Å².